The molecule has 3 rings (SSSR count). The Hall–Kier alpha value is -2.12. The minimum atomic E-state index is -0.917. The Morgan fingerprint density at radius 2 is 2.25 bits per heavy atom. The molecule has 24 heavy (non-hydrogen) atoms. The number of aliphatic carboxylic acids is 1. The van der Waals surface area contributed by atoms with Crippen molar-refractivity contribution in [1.29, 1.82) is 0 Å². The maximum absolute atomic E-state index is 12.9. The zero-order chi connectivity index (χ0) is 17.3. The van der Waals surface area contributed by atoms with Crippen LogP contribution < -0.4 is 4.74 Å². The van der Waals surface area contributed by atoms with Gasteiger partial charge in [0.2, 0.25) is 0 Å². The molecule has 1 aromatic heterocycles. The lowest BCUT2D eigenvalue weighted by Crippen LogP contribution is -2.46. The second-order valence-corrected chi connectivity index (χ2v) is 6.81. The number of hydrogen-bond acceptors (Lipinski definition) is 5. The van der Waals surface area contributed by atoms with Crippen molar-refractivity contribution in [3.05, 3.63) is 28.6 Å². The Morgan fingerprint density at radius 1 is 1.46 bits per heavy atom. The van der Waals surface area contributed by atoms with Crippen molar-refractivity contribution < 1.29 is 24.2 Å². The van der Waals surface area contributed by atoms with Crippen LogP contribution in [0, 0.1) is 6.92 Å². The molecule has 0 bridgehead atoms. The quantitative estimate of drug-likeness (QED) is 0.918. The second kappa shape index (κ2) is 6.78. The Bertz CT molecular complexity index is 785. The van der Waals surface area contributed by atoms with Crippen molar-refractivity contribution >= 4 is 33.3 Å². The number of benzene rings is 1. The van der Waals surface area contributed by atoms with E-state index in [1.165, 1.54) is 11.3 Å². The Balaban J connectivity index is 1.85. The number of hydrogen-bond donors (Lipinski definition) is 1. The van der Waals surface area contributed by atoms with E-state index in [0.717, 1.165) is 21.4 Å². The van der Waals surface area contributed by atoms with Crippen LogP contribution in [0.5, 0.6) is 5.75 Å². The first-order chi connectivity index (χ1) is 11.5. The van der Waals surface area contributed by atoms with Crippen molar-refractivity contribution in [3.8, 4) is 5.75 Å². The van der Waals surface area contributed by atoms with Gasteiger partial charge in [-0.2, -0.15) is 0 Å². The van der Waals surface area contributed by atoms with Crippen LogP contribution in [0.4, 0.5) is 0 Å². The molecule has 7 heteroatoms. The number of carboxylic acid groups (broad SMARTS) is 1. The van der Waals surface area contributed by atoms with Crippen LogP contribution in [-0.2, 0) is 9.53 Å². The van der Waals surface area contributed by atoms with Gasteiger partial charge in [-0.15, -0.1) is 11.3 Å². The summed E-state index contributed by atoms with van der Waals surface area (Å²) in [5.41, 5.74) is 0.931. The Labute approximate surface area is 143 Å². The SMILES string of the molecule is COc1ccc2sc(C(=O)N3CCOC(CC(=O)O)C3)c(C)c2c1. The first-order valence-corrected chi connectivity index (χ1v) is 8.51. The number of carbonyl (C=O) groups excluding carboxylic acids is 1. The molecule has 1 unspecified atom stereocenters. The maximum Gasteiger partial charge on any atom is 0.306 e. The molecule has 1 aliphatic heterocycles. The van der Waals surface area contributed by atoms with Crippen LogP contribution in [0.1, 0.15) is 21.7 Å². The molecule has 2 aromatic rings. The molecule has 0 radical (unpaired) electrons. The third-order valence-electron chi connectivity index (χ3n) is 4.17. The normalized spacial score (nSPS) is 17.9. The lowest BCUT2D eigenvalue weighted by atomic mass is 10.1. The molecule has 0 spiro atoms. The van der Waals surface area contributed by atoms with Gasteiger partial charge in [0, 0.05) is 17.8 Å². The van der Waals surface area contributed by atoms with Crippen molar-refractivity contribution in [3.63, 3.8) is 0 Å². The monoisotopic (exact) mass is 349 g/mol. The van der Waals surface area contributed by atoms with Gasteiger partial charge in [0.25, 0.3) is 5.91 Å². The zero-order valence-corrected chi connectivity index (χ0v) is 14.4. The van der Waals surface area contributed by atoms with Crippen molar-refractivity contribution in [2.24, 2.45) is 0 Å². The molecule has 0 saturated carbocycles. The molecule has 1 aromatic carbocycles. The summed E-state index contributed by atoms with van der Waals surface area (Å²) >= 11 is 1.46. The highest BCUT2D eigenvalue weighted by atomic mass is 32.1. The summed E-state index contributed by atoms with van der Waals surface area (Å²) in [6, 6.07) is 5.77. The standard InChI is InChI=1S/C17H19NO5S/c1-10-13-7-11(22-2)3-4-14(13)24-16(10)17(21)18-5-6-23-12(9-18)8-15(19)20/h3-4,7,12H,5-6,8-9H2,1-2H3,(H,19,20). The van der Waals surface area contributed by atoms with Gasteiger partial charge < -0.3 is 19.5 Å². The van der Waals surface area contributed by atoms with E-state index in [1.807, 2.05) is 25.1 Å². The van der Waals surface area contributed by atoms with Gasteiger partial charge in [-0.25, -0.2) is 0 Å². The molecule has 2 heterocycles. The van der Waals surface area contributed by atoms with Crippen LogP contribution >= 0.6 is 11.3 Å². The predicted octanol–water partition coefficient (Wildman–Crippen LogP) is 2.53. The molecule has 0 aliphatic carbocycles. The minimum Gasteiger partial charge on any atom is -0.497 e. The minimum absolute atomic E-state index is 0.0636. The second-order valence-electron chi connectivity index (χ2n) is 5.76. The summed E-state index contributed by atoms with van der Waals surface area (Å²) in [6.07, 6.45) is -0.540. The number of aryl methyl sites for hydroxylation is 1. The molecule has 1 fully saturated rings. The van der Waals surface area contributed by atoms with Crippen LogP contribution in [0.2, 0.25) is 0 Å². The molecule has 1 amide bonds. The van der Waals surface area contributed by atoms with E-state index in [2.05, 4.69) is 0 Å². The molecule has 1 aliphatic rings. The largest absolute Gasteiger partial charge is 0.497 e. The molecule has 1 atom stereocenters. The van der Waals surface area contributed by atoms with Crippen LogP contribution in [0.15, 0.2) is 18.2 Å². The number of nitrogens with zero attached hydrogens (tertiary/aromatic N) is 1. The fourth-order valence-electron chi connectivity index (χ4n) is 2.90. The number of morpholine rings is 1. The van der Waals surface area contributed by atoms with Crippen LogP contribution in [0.3, 0.4) is 0 Å². The summed E-state index contributed by atoms with van der Waals surface area (Å²) in [7, 11) is 1.62. The van der Waals surface area contributed by atoms with Crippen LogP contribution in [-0.4, -0.2) is 54.8 Å². The maximum atomic E-state index is 12.9. The van der Waals surface area contributed by atoms with E-state index < -0.39 is 12.1 Å². The topological polar surface area (TPSA) is 76.1 Å². The summed E-state index contributed by atoms with van der Waals surface area (Å²) in [6.45, 7) is 3.08. The van der Waals surface area contributed by atoms with E-state index in [1.54, 1.807) is 12.0 Å². The number of thiophene rings is 1. The average molecular weight is 349 g/mol. The van der Waals surface area contributed by atoms with E-state index >= 15 is 0 Å². The lowest BCUT2D eigenvalue weighted by molar-refractivity contribution is -0.141. The summed E-state index contributed by atoms with van der Waals surface area (Å²) in [5.74, 6) is -0.221. The van der Waals surface area contributed by atoms with Gasteiger partial charge in [0.05, 0.1) is 31.1 Å². The van der Waals surface area contributed by atoms with Crippen molar-refractivity contribution in [2.75, 3.05) is 26.8 Å². The Kier molecular flexibility index (Phi) is 4.73. The molecular formula is C17H19NO5S. The van der Waals surface area contributed by atoms with Gasteiger partial charge in [0.15, 0.2) is 0 Å². The van der Waals surface area contributed by atoms with E-state index in [9.17, 15) is 9.59 Å². The third-order valence-corrected chi connectivity index (χ3v) is 5.43. The van der Waals surface area contributed by atoms with Gasteiger partial charge in [-0.1, -0.05) is 0 Å². The number of ether oxygens (including phenoxy) is 2. The first-order valence-electron chi connectivity index (χ1n) is 7.69. The number of carbonyl (C=O) groups is 2. The van der Waals surface area contributed by atoms with Crippen molar-refractivity contribution in [2.45, 2.75) is 19.4 Å². The molecule has 6 nitrogen and oxygen atoms in total. The smallest absolute Gasteiger partial charge is 0.306 e. The zero-order valence-electron chi connectivity index (χ0n) is 13.6. The predicted molar refractivity (Wildman–Crippen MR) is 91.0 cm³/mol. The van der Waals surface area contributed by atoms with E-state index in [0.29, 0.717) is 24.6 Å². The van der Waals surface area contributed by atoms with Gasteiger partial charge in [0.1, 0.15) is 5.75 Å². The highest BCUT2D eigenvalue weighted by Crippen LogP contribution is 2.34. The fraction of sp³-hybridized carbons (Fsp3) is 0.412. The molecule has 1 saturated heterocycles. The third kappa shape index (κ3) is 3.22. The first kappa shape index (κ1) is 16.7. The number of fused-ring (bicyclic) bond motifs is 1. The van der Waals surface area contributed by atoms with Gasteiger partial charge >= 0.3 is 5.97 Å². The van der Waals surface area contributed by atoms with E-state index in [-0.39, 0.29) is 12.3 Å². The Morgan fingerprint density at radius 3 is 2.96 bits per heavy atom. The highest BCUT2D eigenvalue weighted by molar-refractivity contribution is 7.21. The number of amides is 1. The number of carboxylic acids is 1. The molecule has 1 N–H and O–H groups in total. The van der Waals surface area contributed by atoms with Crippen LogP contribution in [0.25, 0.3) is 10.1 Å². The molecular weight excluding hydrogens is 330 g/mol. The summed E-state index contributed by atoms with van der Waals surface area (Å²) in [5, 5.41) is 9.92. The van der Waals surface area contributed by atoms with Gasteiger partial charge in [-0.3, -0.25) is 9.59 Å². The fourth-order valence-corrected chi connectivity index (χ4v) is 4.05. The summed E-state index contributed by atoms with van der Waals surface area (Å²) < 4.78 is 11.7. The van der Waals surface area contributed by atoms with E-state index in [4.69, 9.17) is 14.6 Å². The lowest BCUT2D eigenvalue weighted by Gasteiger charge is -2.32. The average Bonchev–Trinajstić information content (AvgIpc) is 2.90. The van der Waals surface area contributed by atoms with Crippen molar-refractivity contribution in [1.82, 2.24) is 4.90 Å². The number of methoxy groups -OCH3 is 1. The highest BCUT2D eigenvalue weighted by Gasteiger charge is 2.28. The summed E-state index contributed by atoms with van der Waals surface area (Å²) in [4.78, 5) is 26.1. The molecule has 128 valence electrons. The number of rotatable bonds is 4. The van der Waals surface area contributed by atoms with Gasteiger partial charge in [-0.05, 0) is 36.1 Å².